The summed E-state index contributed by atoms with van der Waals surface area (Å²) in [6.45, 7) is 7.05. The van der Waals surface area contributed by atoms with Gasteiger partial charge >= 0.3 is 0 Å². The molecule has 186 valence electrons. The fraction of sp³-hybridized carbons (Fsp3) is 0.375. The van der Waals surface area contributed by atoms with Crippen LogP contribution in [0.3, 0.4) is 0 Å². The van der Waals surface area contributed by atoms with Crippen LogP contribution in [-0.2, 0) is 25.8 Å². The van der Waals surface area contributed by atoms with Gasteiger partial charge in [0.25, 0.3) is 0 Å². The normalized spacial score (nSPS) is 20.6. The third kappa shape index (κ3) is 5.31. The second-order valence-corrected chi connectivity index (χ2v) is 12.4. The first-order valence-electron chi connectivity index (χ1n) is 11.4. The number of aromatic nitrogens is 2. The number of sulfone groups is 1. The molecular formula is C24H29N5O4S2. The van der Waals surface area contributed by atoms with Gasteiger partial charge in [0.05, 0.1) is 27.4 Å². The Labute approximate surface area is 208 Å². The molecule has 0 spiro atoms. The van der Waals surface area contributed by atoms with Crippen molar-refractivity contribution >= 4 is 38.8 Å². The Kier molecular flexibility index (Phi) is 7.11. The molecular weight excluding hydrogens is 486 g/mol. The molecule has 1 aliphatic rings. The summed E-state index contributed by atoms with van der Waals surface area (Å²) < 4.78 is 26.2. The zero-order valence-electron chi connectivity index (χ0n) is 20.0. The van der Waals surface area contributed by atoms with Gasteiger partial charge in [-0.15, -0.1) is 11.3 Å². The van der Waals surface area contributed by atoms with Gasteiger partial charge in [0.15, 0.2) is 16.1 Å². The summed E-state index contributed by atoms with van der Waals surface area (Å²) in [6.07, 6.45) is -0.558. The van der Waals surface area contributed by atoms with Crippen molar-refractivity contribution in [1.29, 1.82) is 0 Å². The summed E-state index contributed by atoms with van der Waals surface area (Å²) >= 11 is 1.53. The van der Waals surface area contributed by atoms with Crippen molar-refractivity contribution in [1.82, 2.24) is 20.4 Å². The van der Waals surface area contributed by atoms with Crippen LogP contribution in [0.4, 0.5) is 5.82 Å². The first kappa shape index (κ1) is 25.1. The number of anilines is 1. The zero-order valence-corrected chi connectivity index (χ0v) is 21.6. The van der Waals surface area contributed by atoms with Gasteiger partial charge in [-0.1, -0.05) is 25.1 Å². The van der Waals surface area contributed by atoms with E-state index in [1.807, 2.05) is 31.4 Å². The molecule has 1 saturated heterocycles. The van der Waals surface area contributed by atoms with E-state index in [9.17, 15) is 18.0 Å². The van der Waals surface area contributed by atoms with Crippen LogP contribution in [0.15, 0.2) is 52.7 Å². The summed E-state index contributed by atoms with van der Waals surface area (Å²) in [4.78, 5) is 26.5. The van der Waals surface area contributed by atoms with E-state index >= 15 is 0 Å². The number of nitrogens with one attached hydrogen (secondary N) is 3. The predicted octanol–water partition coefficient (Wildman–Crippen LogP) is 3.18. The number of thiophene rings is 1. The monoisotopic (exact) mass is 515 g/mol. The fourth-order valence-corrected chi connectivity index (χ4v) is 5.47. The van der Waals surface area contributed by atoms with Crippen LogP contribution in [0, 0.1) is 5.92 Å². The lowest BCUT2D eigenvalue weighted by Crippen LogP contribution is -2.57. The molecule has 2 amide bonds. The van der Waals surface area contributed by atoms with Crippen molar-refractivity contribution in [2.45, 2.75) is 56.6 Å². The number of hydrogen-bond donors (Lipinski definition) is 3. The molecule has 1 aliphatic heterocycles. The van der Waals surface area contributed by atoms with Crippen LogP contribution in [0.25, 0.3) is 10.6 Å². The van der Waals surface area contributed by atoms with Crippen LogP contribution in [0.2, 0.25) is 0 Å². The summed E-state index contributed by atoms with van der Waals surface area (Å²) in [5.74, 6) is -0.133. The molecule has 0 saturated carbocycles. The molecule has 3 N–H and O–H groups in total. The molecule has 9 nitrogen and oxygen atoms in total. The summed E-state index contributed by atoms with van der Waals surface area (Å²) in [7, 11) is -3.37. The van der Waals surface area contributed by atoms with Gasteiger partial charge in [0.1, 0.15) is 11.5 Å². The summed E-state index contributed by atoms with van der Waals surface area (Å²) in [6, 6.07) is 11.9. The van der Waals surface area contributed by atoms with Crippen molar-refractivity contribution in [3.8, 4) is 10.6 Å². The Bertz CT molecular complexity index is 1310. The van der Waals surface area contributed by atoms with E-state index in [1.165, 1.54) is 23.5 Å². The van der Waals surface area contributed by atoms with E-state index in [2.05, 4.69) is 21.0 Å². The molecule has 35 heavy (non-hydrogen) atoms. The smallest absolute Gasteiger partial charge is 0.229 e. The van der Waals surface area contributed by atoms with Crippen LogP contribution in [0.1, 0.15) is 39.5 Å². The van der Waals surface area contributed by atoms with E-state index in [4.69, 9.17) is 0 Å². The number of nitrogens with zero attached hydrogens (tertiary/aromatic N) is 2. The fourth-order valence-electron chi connectivity index (χ4n) is 3.73. The molecule has 1 fully saturated rings. The third-order valence-electron chi connectivity index (χ3n) is 6.12. The second-order valence-electron chi connectivity index (χ2n) is 8.95. The van der Waals surface area contributed by atoms with Crippen molar-refractivity contribution < 1.29 is 18.0 Å². The Balaban J connectivity index is 1.55. The predicted molar refractivity (Wildman–Crippen MR) is 136 cm³/mol. The Morgan fingerprint density at radius 1 is 1.20 bits per heavy atom. The van der Waals surface area contributed by atoms with Crippen LogP contribution >= 0.6 is 11.3 Å². The lowest BCUT2D eigenvalue weighted by molar-refractivity contribution is -0.130. The van der Waals surface area contributed by atoms with E-state index in [0.29, 0.717) is 17.1 Å². The molecule has 3 atom stereocenters. The first-order chi connectivity index (χ1) is 16.6. The minimum atomic E-state index is -3.37. The van der Waals surface area contributed by atoms with Gasteiger partial charge in [0, 0.05) is 12.1 Å². The van der Waals surface area contributed by atoms with Gasteiger partial charge in [0.2, 0.25) is 11.8 Å². The topological polar surface area (TPSA) is 122 Å². The van der Waals surface area contributed by atoms with Crippen molar-refractivity contribution in [3.63, 3.8) is 0 Å². The minimum absolute atomic E-state index is 0.0550. The van der Waals surface area contributed by atoms with Gasteiger partial charge in [-0.25, -0.2) is 13.1 Å². The highest BCUT2D eigenvalue weighted by atomic mass is 32.2. The minimum Gasteiger partial charge on any atom is -0.322 e. The highest BCUT2D eigenvalue weighted by Crippen LogP contribution is 2.28. The maximum atomic E-state index is 12.9. The quantitative estimate of drug-likeness (QED) is 0.444. The first-order valence-corrected chi connectivity index (χ1v) is 13.8. The number of hydrogen-bond acceptors (Lipinski definition) is 7. The van der Waals surface area contributed by atoms with Crippen LogP contribution < -0.4 is 16.0 Å². The van der Waals surface area contributed by atoms with Crippen LogP contribution in [-0.4, -0.2) is 41.3 Å². The molecule has 3 unspecified atom stereocenters. The average molecular weight is 516 g/mol. The maximum Gasteiger partial charge on any atom is 0.229 e. The van der Waals surface area contributed by atoms with E-state index in [0.717, 1.165) is 4.88 Å². The Hall–Kier alpha value is -3.02. The SMILES string of the molecule is CC1NC(n2nc(-c3cccs3)cc2NC(=O)Cc2ccc(S(=O)(=O)C(C)C)cc2)NC(=O)C1C. The molecule has 4 rings (SSSR count). The zero-order chi connectivity index (χ0) is 25.3. The molecule has 0 radical (unpaired) electrons. The molecule has 11 heteroatoms. The molecule has 0 aliphatic carbocycles. The highest BCUT2D eigenvalue weighted by Gasteiger charge is 2.32. The largest absolute Gasteiger partial charge is 0.322 e. The summed E-state index contributed by atoms with van der Waals surface area (Å²) in [5.41, 5.74) is 1.36. The number of carbonyl (C=O) groups is 2. The van der Waals surface area contributed by atoms with E-state index in [1.54, 1.807) is 36.7 Å². The van der Waals surface area contributed by atoms with Crippen LogP contribution in [0.5, 0.6) is 0 Å². The van der Waals surface area contributed by atoms with Gasteiger partial charge in [-0.2, -0.15) is 5.10 Å². The van der Waals surface area contributed by atoms with Gasteiger partial charge in [-0.3, -0.25) is 14.9 Å². The summed E-state index contributed by atoms with van der Waals surface area (Å²) in [5, 5.41) is 15.2. The van der Waals surface area contributed by atoms with Gasteiger partial charge in [-0.05, 0) is 49.9 Å². The Morgan fingerprint density at radius 3 is 2.51 bits per heavy atom. The lowest BCUT2D eigenvalue weighted by Gasteiger charge is -2.34. The Morgan fingerprint density at radius 2 is 1.91 bits per heavy atom. The average Bonchev–Trinajstić information content (AvgIpc) is 3.47. The highest BCUT2D eigenvalue weighted by molar-refractivity contribution is 7.92. The number of amides is 2. The maximum absolute atomic E-state index is 12.9. The van der Waals surface area contributed by atoms with E-state index < -0.39 is 21.4 Å². The standard InChI is InChI=1S/C24H29N5O4S2/c1-14(2)35(32,33)18-9-7-17(8-10-18)12-22(30)26-21-13-19(20-6-5-11-34-20)28-29(21)24-25-16(4)15(3)23(31)27-24/h5-11,13-16,24-25H,12H2,1-4H3,(H,26,30)(H,27,31). The second kappa shape index (κ2) is 9.92. The third-order valence-corrected chi connectivity index (χ3v) is 9.18. The number of carbonyl (C=O) groups excluding carboxylic acids is 2. The molecule has 3 heterocycles. The van der Waals surface area contributed by atoms with Crippen molar-refractivity contribution in [2.24, 2.45) is 5.92 Å². The number of benzene rings is 1. The molecule has 2 aromatic heterocycles. The molecule has 0 bridgehead atoms. The molecule has 1 aromatic carbocycles. The number of rotatable bonds is 7. The molecule has 3 aromatic rings. The van der Waals surface area contributed by atoms with Crippen molar-refractivity contribution in [2.75, 3.05) is 5.32 Å². The van der Waals surface area contributed by atoms with E-state index in [-0.39, 0.29) is 35.1 Å². The van der Waals surface area contributed by atoms with Crippen molar-refractivity contribution in [3.05, 3.63) is 53.4 Å². The van der Waals surface area contributed by atoms with Gasteiger partial charge < -0.3 is 10.6 Å². The lowest BCUT2D eigenvalue weighted by atomic mass is 10.0.